The Bertz CT molecular complexity index is 751. The monoisotopic (exact) mass is 371 g/mol. The third kappa shape index (κ3) is 4.50. The lowest BCUT2D eigenvalue weighted by molar-refractivity contribution is -0.139. The quantitative estimate of drug-likeness (QED) is 0.781. The Hall–Kier alpha value is -2.34. The van der Waals surface area contributed by atoms with Gasteiger partial charge in [-0.2, -0.15) is 0 Å². The van der Waals surface area contributed by atoms with Crippen molar-refractivity contribution in [3.63, 3.8) is 0 Å². The predicted octanol–water partition coefficient (Wildman–Crippen LogP) is 2.96. The number of likely N-dealkylation sites (tertiary alicyclic amines) is 1. The summed E-state index contributed by atoms with van der Waals surface area (Å²) in [5.41, 5.74) is 4.22. The summed E-state index contributed by atoms with van der Waals surface area (Å²) in [7, 11) is 0. The van der Waals surface area contributed by atoms with Crippen molar-refractivity contribution in [1.82, 2.24) is 15.5 Å². The summed E-state index contributed by atoms with van der Waals surface area (Å²) in [5, 5.41) is 5.80. The molecule has 6 nitrogen and oxygen atoms in total. The normalized spacial score (nSPS) is 20.9. The minimum atomic E-state index is -0.502. The molecule has 146 valence electrons. The first-order valence-corrected chi connectivity index (χ1v) is 9.76. The van der Waals surface area contributed by atoms with Gasteiger partial charge in [-0.25, -0.2) is 9.59 Å². The third-order valence-corrected chi connectivity index (χ3v) is 5.23. The molecule has 2 N–H and O–H groups in total. The molecule has 0 bridgehead atoms. The van der Waals surface area contributed by atoms with Crippen LogP contribution in [0.25, 0.3) is 0 Å². The Balaban J connectivity index is 2.03. The molecular weight excluding hydrogens is 342 g/mol. The second-order valence-electron chi connectivity index (χ2n) is 7.34. The lowest BCUT2D eigenvalue weighted by Crippen LogP contribution is -2.49. The van der Waals surface area contributed by atoms with E-state index in [2.05, 4.69) is 15.5 Å². The van der Waals surface area contributed by atoms with E-state index in [0.717, 1.165) is 42.6 Å². The summed E-state index contributed by atoms with van der Waals surface area (Å²) < 4.78 is 5.35. The number of benzene rings is 1. The molecule has 0 saturated carbocycles. The van der Waals surface area contributed by atoms with Gasteiger partial charge < -0.3 is 15.4 Å². The number of hydrogen-bond donors (Lipinski definition) is 2. The smallest absolute Gasteiger partial charge is 0.338 e. The Morgan fingerprint density at radius 1 is 1.22 bits per heavy atom. The maximum absolute atomic E-state index is 12.8. The average Bonchev–Trinajstić information content (AvgIpc) is 2.64. The van der Waals surface area contributed by atoms with Gasteiger partial charge in [-0.3, -0.25) is 4.90 Å². The number of nitrogens with zero attached hydrogens (tertiary/aromatic N) is 1. The molecule has 27 heavy (non-hydrogen) atoms. The summed E-state index contributed by atoms with van der Waals surface area (Å²) in [6.45, 7) is 8.62. The average molecular weight is 371 g/mol. The molecule has 6 heteroatoms. The van der Waals surface area contributed by atoms with Crippen molar-refractivity contribution >= 4 is 12.0 Å². The van der Waals surface area contributed by atoms with Crippen LogP contribution in [0.1, 0.15) is 48.9 Å². The number of rotatable bonds is 5. The Kier molecular flexibility index (Phi) is 6.16. The van der Waals surface area contributed by atoms with Gasteiger partial charge in [-0.15, -0.1) is 0 Å². The van der Waals surface area contributed by atoms with Crippen molar-refractivity contribution in [1.29, 1.82) is 0 Å². The number of carbonyl (C=O) groups is 2. The number of piperidine rings is 1. The minimum Gasteiger partial charge on any atom is -0.463 e. The van der Waals surface area contributed by atoms with Crippen molar-refractivity contribution in [3.8, 4) is 0 Å². The largest absolute Gasteiger partial charge is 0.463 e. The van der Waals surface area contributed by atoms with Crippen LogP contribution in [0.4, 0.5) is 4.79 Å². The van der Waals surface area contributed by atoms with Crippen LogP contribution in [0.5, 0.6) is 0 Å². The second-order valence-corrected chi connectivity index (χ2v) is 7.34. The fraction of sp³-hybridized carbons (Fsp3) is 0.524. The highest BCUT2D eigenvalue weighted by Crippen LogP contribution is 2.31. The van der Waals surface area contributed by atoms with Gasteiger partial charge in [0.2, 0.25) is 0 Å². The van der Waals surface area contributed by atoms with E-state index in [9.17, 15) is 9.59 Å². The summed E-state index contributed by atoms with van der Waals surface area (Å²) in [6, 6.07) is 5.30. The number of urea groups is 1. The predicted molar refractivity (Wildman–Crippen MR) is 104 cm³/mol. The zero-order chi connectivity index (χ0) is 19.4. The van der Waals surface area contributed by atoms with Crippen LogP contribution in [-0.2, 0) is 9.53 Å². The van der Waals surface area contributed by atoms with Crippen LogP contribution in [0.2, 0.25) is 0 Å². The molecule has 0 radical (unpaired) electrons. The van der Waals surface area contributed by atoms with Gasteiger partial charge in [-0.05, 0) is 57.8 Å². The van der Waals surface area contributed by atoms with E-state index < -0.39 is 6.04 Å². The zero-order valence-corrected chi connectivity index (χ0v) is 16.4. The highest BCUT2D eigenvalue weighted by Gasteiger charge is 2.35. The van der Waals surface area contributed by atoms with E-state index in [1.807, 2.05) is 32.0 Å². The highest BCUT2D eigenvalue weighted by molar-refractivity contribution is 5.95. The van der Waals surface area contributed by atoms with Crippen LogP contribution in [0.3, 0.4) is 0 Å². The van der Waals surface area contributed by atoms with Gasteiger partial charge in [-0.1, -0.05) is 30.2 Å². The molecule has 0 aliphatic carbocycles. The van der Waals surface area contributed by atoms with Crippen LogP contribution >= 0.6 is 0 Å². The van der Waals surface area contributed by atoms with Gasteiger partial charge in [0.15, 0.2) is 0 Å². The number of nitrogens with one attached hydrogen (secondary N) is 2. The van der Waals surface area contributed by atoms with Crippen molar-refractivity contribution < 1.29 is 14.3 Å². The third-order valence-electron chi connectivity index (χ3n) is 5.23. The van der Waals surface area contributed by atoms with E-state index in [1.165, 1.54) is 6.42 Å². The van der Waals surface area contributed by atoms with Gasteiger partial charge in [0, 0.05) is 12.2 Å². The first kappa shape index (κ1) is 19.4. The van der Waals surface area contributed by atoms with Crippen molar-refractivity contribution in [2.24, 2.45) is 0 Å². The van der Waals surface area contributed by atoms with Crippen molar-refractivity contribution in [3.05, 3.63) is 46.2 Å². The van der Waals surface area contributed by atoms with Crippen LogP contribution in [-0.4, -0.2) is 43.1 Å². The molecule has 1 saturated heterocycles. The molecule has 1 aromatic rings. The van der Waals surface area contributed by atoms with Gasteiger partial charge in [0.1, 0.15) is 0 Å². The van der Waals surface area contributed by atoms with E-state index >= 15 is 0 Å². The summed E-state index contributed by atoms with van der Waals surface area (Å²) in [5.74, 6) is -0.372. The molecule has 1 aromatic carbocycles. The zero-order valence-electron chi connectivity index (χ0n) is 16.4. The van der Waals surface area contributed by atoms with Gasteiger partial charge in [0.05, 0.1) is 18.2 Å². The molecule has 2 aliphatic heterocycles. The lowest BCUT2D eigenvalue weighted by Gasteiger charge is -2.34. The van der Waals surface area contributed by atoms with Crippen LogP contribution < -0.4 is 10.6 Å². The summed E-state index contributed by atoms with van der Waals surface area (Å²) in [4.78, 5) is 27.5. The molecule has 0 unspecified atom stereocenters. The molecule has 1 atom stereocenters. The van der Waals surface area contributed by atoms with Gasteiger partial charge in [0.25, 0.3) is 0 Å². The van der Waals surface area contributed by atoms with Crippen molar-refractivity contribution in [2.75, 3.05) is 26.2 Å². The number of amides is 2. The number of aryl methyl sites for hydroxylation is 2. The molecule has 0 spiro atoms. The first-order valence-electron chi connectivity index (χ1n) is 9.76. The molecule has 1 fully saturated rings. The number of esters is 1. The molecule has 2 aliphatic rings. The molecule has 2 heterocycles. The minimum absolute atomic E-state index is 0.277. The summed E-state index contributed by atoms with van der Waals surface area (Å²) >= 11 is 0. The number of carbonyl (C=O) groups excluding carboxylic acids is 2. The van der Waals surface area contributed by atoms with E-state index in [0.29, 0.717) is 24.4 Å². The van der Waals surface area contributed by atoms with Crippen LogP contribution in [0.15, 0.2) is 29.5 Å². The first-order chi connectivity index (χ1) is 13.0. The number of hydrogen-bond acceptors (Lipinski definition) is 4. The highest BCUT2D eigenvalue weighted by atomic mass is 16.5. The molecule has 2 amide bonds. The van der Waals surface area contributed by atoms with E-state index in [4.69, 9.17) is 4.74 Å². The molecule has 3 rings (SSSR count). The van der Waals surface area contributed by atoms with Crippen molar-refractivity contribution in [2.45, 2.75) is 46.1 Å². The SMILES string of the molecule is CCOC(=O)C1=C(CN2CCCCC2)NC(=O)N[C@@H]1c1cc(C)ccc1C. The topological polar surface area (TPSA) is 70.7 Å². The van der Waals surface area contributed by atoms with E-state index in [1.54, 1.807) is 6.92 Å². The Morgan fingerprint density at radius 2 is 1.96 bits per heavy atom. The fourth-order valence-electron chi connectivity index (χ4n) is 3.84. The van der Waals surface area contributed by atoms with Crippen LogP contribution in [0, 0.1) is 13.8 Å². The maximum Gasteiger partial charge on any atom is 0.338 e. The Labute approximate surface area is 161 Å². The number of ether oxygens (including phenoxy) is 1. The van der Waals surface area contributed by atoms with E-state index in [-0.39, 0.29) is 12.0 Å². The van der Waals surface area contributed by atoms with Gasteiger partial charge >= 0.3 is 12.0 Å². The standard InChI is InChI=1S/C21H29N3O3/c1-4-27-20(25)18-17(13-24-10-6-5-7-11-24)22-21(26)23-19(18)16-12-14(2)8-9-15(16)3/h8-9,12,19H,4-7,10-11,13H2,1-3H3,(H2,22,23,26)/t19-/m1/s1. The fourth-order valence-corrected chi connectivity index (χ4v) is 3.84. The molecular formula is C21H29N3O3. The summed E-state index contributed by atoms with van der Waals surface area (Å²) in [6.07, 6.45) is 3.53. The second kappa shape index (κ2) is 8.57. The Morgan fingerprint density at radius 3 is 2.67 bits per heavy atom. The molecule has 0 aromatic heterocycles. The lowest BCUT2D eigenvalue weighted by atomic mass is 9.90. The maximum atomic E-state index is 12.8.